The van der Waals surface area contributed by atoms with E-state index in [1.54, 1.807) is 13.0 Å². The predicted molar refractivity (Wildman–Crippen MR) is 104 cm³/mol. The number of nitrogens with zero attached hydrogens (tertiary/aromatic N) is 1. The van der Waals surface area contributed by atoms with Crippen molar-refractivity contribution in [2.24, 2.45) is 0 Å². The third-order valence-corrected chi connectivity index (χ3v) is 4.86. The summed E-state index contributed by atoms with van der Waals surface area (Å²) < 4.78 is 19.1. The molecular formula is C22H19FN2O3. The third kappa shape index (κ3) is 3.45. The molecule has 28 heavy (non-hydrogen) atoms. The smallest absolute Gasteiger partial charge is 0.339 e. The number of carbonyl (C=O) groups excluding carboxylic acids is 2. The largest absolute Gasteiger partial charge is 0.452 e. The zero-order chi connectivity index (χ0) is 19.7. The molecule has 5 nitrogen and oxygen atoms in total. The molecule has 0 saturated carbocycles. The lowest BCUT2D eigenvalue weighted by Gasteiger charge is -2.12. The van der Waals surface area contributed by atoms with Crippen LogP contribution >= 0.6 is 0 Å². The number of para-hydroxylation sites is 1. The average Bonchev–Trinajstić information content (AvgIpc) is 3.14. The quantitative estimate of drug-likeness (QED) is 0.698. The van der Waals surface area contributed by atoms with Gasteiger partial charge in [-0.2, -0.15) is 0 Å². The molecular weight excluding hydrogens is 359 g/mol. The normalized spacial score (nSPS) is 12.6. The Morgan fingerprint density at radius 2 is 2.00 bits per heavy atom. The van der Waals surface area contributed by atoms with E-state index >= 15 is 0 Å². The first-order valence-corrected chi connectivity index (χ1v) is 9.16. The van der Waals surface area contributed by atoms with Gasteiger partial charge < -0.3 is 10.1 Å². The molecule has 1 aliphatic rings. The second-order valence-corrected chi connectivity index (χ2v) is 6.89. The van der Waals surface area contributed by atoms with Gasteiger partial charge in [0.05, 0.1) is 16.8 Å². The highest BCUT2D eigenvalue weighted by Gasteiger charge is 2.25. The number of ether oxygens (including phenoxy) is 1. The molecule has 1 aromatic heterocycles. The van der Waals surface area contributed by atoms with E-state index in [1.807, 2.05) is 24.3 Å². The van der Waals surface area contributed by atoms with Gasteiger partial charge >= 0.3 is 5.97 Å². The number of nitrogens with one attached hydrogen (secondary N) is 1. The lowest BCUT2D eigenvalue weighted by atomic mass is 10.0. The minimum absolute atomic E-state index is 0.0573. The zero-order valence-electron chi connectivity index (χ0n) is 15.4. The number of aromatic nitrogens is 1. The monoisotopic (exact) mass is 378 g/mol. The van der Waals surface area contributed by atoms with Crippen molar-refractivity contribution in [1.29, 1.82) is 0 Å². The van der Waals surface area contributed by atoms with Crippen LogP contribution in [0.25, 0.3) is 10.9 Å². The number of aryl methyl sites for hydroxylation is 2. The van der Waals surface area contributed by atoms with E-state index in [-0.39, 0.29) is 5.69 Å². The van der Waals surface area contributed by atoms with Crippen LogP contribution < -0.4 is 5.32 Å². The molecule has 3 aromatic rings. The summed E-state index contributed by atoms with van der Waals surface area (Å²) in [5.74, 6) is -1.68. The lowest BCUT2D eigenvalue weighted by molar-refractivity contribution is -0.119. The van der Waals surface area contributed by atoms with Crippen LogP contribution in [-0.2, 0) is 22.4 Å². The number of pyridine rings is 1. The highest BCUT2D eigenvalue weighted by atomic mass is 19.1. The van der Waals surface area contributed by atoms with Crippen LogP contribution in [0.3, 0.4) is 0 Å². The Morgan fingerprint density at radius 3 is 2.82 bits per heavy atom. The van der Waals surface area contributed by atoms with Crippen molar-refractivity contribution in [3.63, 3.8) is 0 Å². The van der Waals surface area contributed by atoms with Gasteiger partial charge in [-0.05, 0) is 55.5 Å². The first-order chi connectivity index (χ1) is 13.5. The number of hydrogen-bond acceptors (Lipinski definition) is 4. The summed E-state index contributed by atoms with van der Waals surface area (Å²) in [5.41, 5.74) is 3.83. The number of amides is 1. The van der Waals surface area contributed by atoms with Crippen molar-refractivity contribution in [1.82, 2.24) is 4.98 Å². The third-order valence-electron chi connectivity index (χ3n) is 4.86. The molecule has 0 saturated heterocycles. The number of carbonyl (C=O) groups is 2. The van der Waals surface area contributed by atoms with Crippen molar-refractivity contribution in [2.75, 3.05) is 11.9 Å². The van der Waals surface area contributed by atoms with Crippen molar-refractivity contribution in [3.05, 3.63) is 70.7 Å². The maximum atomic E-state index is 13.9. The molecule has 4 rings (SSSR count). The van der Waals surface area contributed by atoms with E-state index in [4.69, 9.17) is 4.74 Å². The highest BCUT2D eigenvalue weighted by molar-refractivity contribution is 6.06. The number of benzene rings is 2. The summed E-state index contributed by atoms with van der Waals surface area (Å²) in [6.07, 6.45) is 2.53. The lowest BCUT2D eigenvalue weighted by Crippen LogP contribution is -2.22. The summed E-state index contributed by atoms with van der Waals surface area (Å²) in [4.78, 5) is 29.5. The van der Waals surface area contributed by atoms with Crippen LogP contribution in [0.1, 0.15) is 33.6 Å². The minimum Gasteiger partial charge on any atom is -0.452 e. The first kappa shape index (κ1) is 18.1. The predicted octanol–water partition coefficient (Wildman–Crippen LogP) is 3.97. The molecule has 0 radical (unpaired) electrons. The molecule has 0 spiro atoms. The molecule has 0 bridgehead atoms. The van der Waals surface area contributed by atoms with Crippen molar-refractivity contribution in [3.8, 4) is 0 Å². The number of anilines is 1. The Bertz CT molecular complexity index is 1090. The fourth-order valence-electron chi connectivity index (χ4n) is 3.56. The summed E-state index contributed by atoms with van der Waals surface area (Å²) in [5, 5.41) is 3.15. The van der Waals surface area contributed by atoms with Crippen molar-refractivity contribution < 1.29 is 18.7 Å². The van der Waals surface area contributed by atoms with Crippen LogP contribution in [0, 0.1) is 12.7 Å². The molecule has 0 fully saturated rings. The highest BCUT2D eigenvalue weighted by Crippen LogP contribution is 2.30. The van der Waals surface area contributed by atoms with E-state index < -0.39 is 24.3 Å². The number of halogens is 1. The van der Waals surface area contributed by atoms with Gasteiger partial charge in [0.15, 0.2) is 6.61 Å². The zero-order valence-corrected chi connectivity index (χ0v) is 15.4. The van der Waals surface area contributed by atoms with Crippen LogP contribution in [0.2, 0.25) is 0 Å². The fraction of sp³-hybridized carbons (Fsp3) is 0.227. The topological polar surface area (TPSA) is 68.3 Å². The van der Waals surface area contributed by atoms with Gasteiger partial charge in [0, 0.05) is 11.1 Å². The van der Waals surface area contributed by atoms with Gasteiger partial charge in [0.25, 0.3) is 5.91 Å². The second-order valence-electron chi connectivity index (χ2n) is 6.89. The minimum atomic E-state index is -0.592. The van der Waals surface area contributed by atoms with E-state index in [2.05, 4.69) is 10.3 Å². The molecule has 1 N–H and O–H groups in total. The number of hydrogen-bond donors (Lipinski definition) is 1. The Kier molecular flexibility index (Phi) is 4.77. The molecule has 0 aliphatic heterocycles. The first-order valence-electron chi connectivity index (χ1n) is 9.16. The molecule has 1 aliphatic carbocycles. The van der Waals surface area contributed by atoms with Crippen LogP contribution in [0.5, 0.6) is 0 Å². The summed E-state index contributed by atoms with van der Waals surface area (Å²) in [6.45, 7) is 1.27. The average molecular weight is 378 g/mol. The van der Waals surface area contributed by atoms with Crippen LogP contribution in [-0.4, -0.2) is 23.5 Å². The van der Waals surface area contributed by atoms with E-state index in [1.165, 1.54) is 12.1 Å². The Hall–Kier alpha value is -3.28. The molecule has 1 heterocycles. The van der Waals surface area contributed by atoms with Gasteiger partial charge in [0.1, 0.15) is 5.82 Å². The Labute approximate surface area is 161 Å². The van der Waals surface area contributed by atoms with E-state index in [0.29, 0.717) is 5.56 Å². The van der Waals surface area contributed by atoms with Gasteiger partial charge in [-0.15, -0.1) is 0 Å². The Balaban J connectivity index is 1.52. The van der Waals surface area contributed by atoms with Crippen molar-refractivity contribution in [2.45, 2.75) is 26.2 Å². The number of fused-ring (bicyclic) bond motifs is 2. The SMILES string of the molecule is Cc1ccc(NC(=O)COC(=O)c2c3c(nc4ccccc24)CCC3)c(F)c1. The maximum Gasteiger partial charge on any atom is 0.339 e. The number of esters is 1. The van der Waals surface area contributed by atoms with E-state index in [9.17, 15) is 14.0 Å². The molecule has 0 atom stereocenters. The van der Waals surface area contributed by atoms with Gasteiger partial charge in [-0.25, -0.2) is 9.18 Å². The van der Waals surface area contributed by atoms with Crippen LogP contribution in [0.4, 0.5) is 10.1 Å². The van der Waals surface area contributed by atoms with Crippen LogP contribution in [0.15, 0.2) is 42.5 Å². The summed E-state index contributed by atoms with van der Waals surface area (Å²) >= 11 is 0. The second kappa shape index (κ2) is 7.38. The summed E-state index contributed by atoms with van der Waals surface area (Å²) in [6, 6.07) is 11.9. The summed E-state index contributed by atoms with van der Waals surface area (Å²) in [7, 11) is 0. The molecule has 142 valence electrons. The standard InChI is InChI=1S/C22H19FN2O3/c1-13-9-10-19(16(23)11-13)25-20(26)12-28-22(27)21-14-5-2-3-7-17(14)24-18-8-4-6-15(18)21/h2-3,5,7,9-11H,4,6,8,12H2,1H3,(H,25,26). The molecule has 1 amide bonds. The van der Waals surface area contributed by atoms with Crippen molar-refractivity contribution >= 4 is 28.5 Å². The van der Waals surface area contributed by atoms with E-state index in [0.717, 1.165) is 47.0 Å². The van der Waals surface area contributed by atoms with Gasteiger partial charge in [-0.1, -0.05) is 24.3 Å². The number of rotatable bonds is 4. The van der Waals surface area contributed by atoms with Gasteiger partial charge in [-0.3, -0.25) is 9.78 Å². The molecule has 6 heteroatoms. The molecule has 2 aromatic carbocycles. The maximum absolute atomic E-state index is 13.9. The Morgan fingerprint density at radius 1 is 1.18 bits per heavy atom. The van der Waals surface area contributed by atoms with Gasteiger partial charge in [0.2, 0.25) is 0 Å². The fourth-order valence-corrected chi connectivity index (χ4v) is 3.56. The molecule has 0 unspecified atom stereocenters.